The van der Waals surface area contributed by atoms with E-state index < -0.39 is 57.8 Å². The topological polar surface area (TPSA) is 155 Å². The SMILES string of the molecule is CC/C=C\C/C=C\C/C=C\C/C=C\C/C=C\C/C=C\CCC(=O)OC(COC(=O)CCCCCCCCCCC/C=C\CCCCCCCC)COP(=O)(O)OCC(CO)OC(=O)CCCCCCCCCCC/C=C\CCCCCCCC. The highest BCUT2D eigenvalue weighted by Crippen LogP contribution is 2.43. The van der Waals surface area contributed by atoms with E-state index in [9.17, 15) is 28.9 Å². The largest absolute Gasteiger partial charge is 0.472 e. The van der Waals surface area contributed by atoms with Crippen molar-refractivity contribution in [2.45, 2.75) is 315 Å². The molecule has 0 heterocycles. The number of carbonyl (C=O) groups is 3. The molecule has 0 aliphatic carbocycles. The first-order chi connectivity index (χ1) is 41.2. The number of rotatable bonds is 63. The van der Waals surface area contributed by atoms with Crippen molar-refractivity contribution in [3.63, 3.8) is 0 Å². The molecule has 2 N–H and O–H groups in total. The molecule has 0 fully saturated rings. The second kappa shape index (κ2) is 65.4. The molecule has 0 saturated heterocycles. The van der Waals surface area contributed by atoms with Crippen LogP contribution >= 0.6 is 7.82 Å². The lowest BCUT2D eigenvalue weighted by Gasteiger charge is -2.21. The first-order valence-electron chi connectivity index (χ1n) is 34.1. The van der Waals surface area contributed by atoms with Crippen LogP contribution in [0.1, 0.15) is 303 Å². The molecular formula is C72H125O11P. The van der Waals surface area contributed by atoms with Gasteiger partial charge in [0.1, 0.15) is 12.7 Å². The Hall–Kier alpha value is -3.60. The van der Waals surface area contributed by atoms with Crippen molar-refractivity contribution < 1.29 is 52.2 Å². The van der Waals surface area contributed by atoms with Gasteiger partial charge in [-0.2, -0.15) is 0 Å². The van der Waals surface area contributed by atoms with Gasteiger partial charge in [-0.25, -0.2) is 4.57 Å². The molecule has 0 aliphatic heterocycles. The normalized spacial score (nSPS) is 13.8. The standard InChI is InChI=1S/C72H125O11P/c1-4-7-10-13-16-19-22-25-28-31-34-37-40-43-46-49-52-55-58-61-70(74)79-65-69(83-72(76)63-60-57-54-51-48-45-42-39-36-33-30-27-24-21-18-15-12-9-6-3)67-81-84(77,78)80-66-68(64-73)82-71(75)62-59-56-53-50-47-44-41-38-35-32-29-26-23-20-17-14-11-8-5-2/h9,12,18,21,25-30,36,39,45,48,54,57,68-69,73H,4-8,10-11,13-17,19-20,22-24,31-35,37-38,40-44,46-47,49-53,55-56,58-67H2,1-3H3,(H,77,78)/b12-9-,21-18-,28-25-,29-26-,30-27-,39-36-,48-45-,57-54-. The number of hydrogen-bond acceptors (Lipinski definition) is 10. The number of esters is 3. The Labute approximate surface area is 514 Å². The molecule has 84 heavy (non-hydrogen) atoms. The van der Waals surface area contributed by atoms with Crippen LogP contribution in [0.4, 0.5) is 0 Å². The predicted molar refractivity (Wildman–Crippen MR) is 353 cm³/mol. The second-order valence-corrected chi connectivity index (χ2v) is 24.1. The Morgan fingerprint density at radius 2 is 0.643 bits per heavy atom. The van der Waals surface area contributed by atoms with Crippen LogP contribution in [0, 0.1) is 0 Å². The zero-order valence-corrected chi connectivity index (χ0v) is 54.7. The maximum Gasteiger partial charge on any atom is 0.472 e. The van der Waals surface area contributed by atoms with Gasteiger partial charge < -0.3 is 24.2 Å². The number of unbranched alkanes of at least 4 members (excludes halogenated alkanes) is 30. The Bertz CT molecular complexity index is 1780. The Morgan fingerprint density at radius 1 is 0.345 bits per heavy atom. The van der Waals surface area contributed by atoms with E-state index in [0.717, 1.165) is 70.6 Å². The zero-order valence-electron chi connectivity index (χ0n) is 53.8. The Kier molecular flexibility index (Phi) is 62.6. The van der Waals surface area contributed by atoms with Gasteiger partial charge in [-0.1, -0.05) is 272 Å². The number of phosphoric ester groups is 1. The molecule has 0 aromatic rings. The van der Waals surface area contributed by atoms with Crippen molar-refractivity contribution in [2.75, 3.05) is 26.4 Å². The minimum absolute atomic E-state index is 0.0397. The van der Waals surface area contributed by atoms with Gasteiger partial charge in [-0.3, -0.25) is 23.4 Å². The predicted octanol–water partition coefficient (Wildman–Crippen LogP) is 21.2. The Balaban J connectivity index is 4.76. The molecule has 0 saturated carbocycles. The summed E-state index contributed by atoms with van der Waals surface area (Å²) in [5.41, 5.74) is 0. The lowest BCUT2D eigenvalue weighted by atomic mass is 10.1. The fourth-order valence-corrected chi connectivity index (χ4v) is 10.1. The molecule has 0 spiro atoms. The van der Waals surface area contributed by atoms with Crippen molar-refractivity contribution in [2.24, 2.45) is 0 Å². The van der Waals surface area contributed by atoms with E-state index in [2.05, 4.69) is 106 Å². The highest BCUT2D eigenvalue weighted by molar-refractivity contribution is 7.47. The van der Waals surface area contributed by atoms with Crippen LogP contribution in [-0.2, 0) is 42.2 Å². The van der Waals surface area contributed by atoms with E-state index in [1.54, 1.807) is 0 Å². The van der Waals surface area contributed by atoms with Crippen LogP contribution < -0.4 is 0 Å². The molecule has 0 amide bonds. The summed E-state index contributed by atoms with van der Waals surface area (Å²) >= 11 is 0. The van der Waals surface area contributed by atoms with Gasteiger partial charge in [0.15, 0.2) is 6.10 Å². The summed E-state index contributed by atoms with van der Waals surface area (Å²) in [6.07, 6.45) is 79.5. The van der Waals surface area contributed by atoms with Crippen LogP contribution in [0.15, 0.2) is 97.2 Å². The van der Waals surface area contributed by atoms with E-state index in [1.807, 2.05) is 12.2 Å². The van der Waals surface area contributed by atoms with E-state index >= 15 is 0 Å². The second-order valence-electron chi connectivity index (χ2n) is 22.6. The number of aliphatic hydroxyl groups excluding tert-OH is 1. The van der Waals surface area contributed by atoms with Crippen molar-refractivity contribution in [3.8, 4) is 0 Å². The summed E-state index contributed by atoms with van der Waals surface area (Å²) in [4.78, 5) is 48.8. The third kappa shape index (κ3) is 62.9. The number of aliphatic hydroxyl groups is 1. The summed E-state index contributed by atoms with van der Waals surface area (Å²) in [6.45, 7) is 4.48. The molecule has 0 radical (unpaired) electrons. The van der Waals surface area contributed by atoms with Crippen molar-refractivity contribution in [3.05, 3.63) is 97.2 Å². The maximum absolute atomic E-state index is 13.0. The number of hydrogen-bond donors (Lipinski definition) is 2. The fraction of sp³-hybridized carbons (Fsp3) is 0.736. The third-order valence-corrected chi connectivity index (χ3v) is 15.4. The first kappa shape index (κ1) is 80.4. The third-order valence-electron chi connectivity index (χ3n) is 14.5. The molecular weight excluding hydrogens is 1070 g/mol. The molecule has 0 aliphatic rings. The highest BCUT2D eigenvalue weighted by atomic mass is 31.2. The molecule has 3 unspecified atom stereocenters. The molecule has 11 nitrogen and oxygen atoms in total. The van der Waals surface area contributed by atoms with Gasteiger partial charge in [0.2, 0.25) is 0 Å². The fourth-order valence-electron chi connectivity index (χ4n) is 9.31. The van der Waals surface area contributed by atoms with Crippen LogP contribution in [0.2, 0.25) is 0 Å². The van der Waals surface area contributed by atoms with Crippen LogP contribution in [0.3, 0.4) is 0 Å². The number of allylic oxidation sites excluding steroid dienone is 16. The average molecular weight is 1200 g/mol. The van der Waals surface area contributed by atoms with Gasteiger partial charge in [0, 0.05) is 19.3 Å². The lowest BCUT2D eigenvalue weighted by molar-refractivity contribution is -0.161. The monoisotopic (exact) mass is 1200 g/mol. The van der Waals surface area contributed by atoms with Gasteiger partial charge in [-0.15, -0.1) is 0 Å². The number of carbonyl (C=O) groups excluding carboxylic acids is 3. The van der Waals surface area contributed by atoms with Gasteiger partial charge in [0.05, 0.1) is 19.8 Å². The number of phosphoric acid groups is 1. The summed E-state index contributed by atoms with van der Waals surface area (Å²) in [5, 5.41) is 9.88. The van der Waals surface area contributed by atoms with Crippen molar-refractivity contribution >= 4 is 25.7 Å². The zero-order chi connectivity index (χ0) is 61.2. The Morgan fingerprint density at radius 3 is 1.02 bits per heavy atom. The van der Waals surface area contributed by atoms with Crippen molar-refractivity contribution in [1.29, 1.82) is 0 Å². The molecule has 0 aromatic heterocycles. The summed E-state index contributed by atoms with van der Waals surface area (Å²) in [5.74, 6) is -1.56. The molecule has 12 heteroatoms. The maximum atomic E-state index is 13.0. The van der Waals surface area contributed by atoms with Crippen LogP contribution in [-0.4, -0.2) is 66.5 Å². The lowest BCUT2D eigenvalue weighted by Crippen LogP contribution is -2.30. The van der Waals surface area contributed by atoms with E-state index in [1.165, 1.54) is 167 Å². The van der Waals surface area contributed by atoms with Crippen LogP contribution in [0.5, 0.6) is 0 Å². The molecule has 3 atom stereocenters. The van der Waals surface area contributed by atoms with Gasteiger partial charge in [-0.05, 0) is 109 Å². The molecule has 0 aromatic carbocycles. The van der Waals surface area contributed by atoms with E-state index in [-0.39, 0.29) is 25.9 Å². The minimum atomic E-state index is -4.78. The molecule has 0 bridgehead atoms. The smallest absolute Gasteiger partial charge is 0.462 e. The summed E-state index contributed by atoms with van der Waals surface area (Å²) < 4.78 is 39.7. The first-order valence-corrected chi connectivity index (χ1v) is 35.6. The van der Waals surface area contributed by atoms with Gasteiger partial charge in [0.25, 0.3) is 0 Å². The number of ether oxygens (including phenoxy) is 3. The van der Waals surface area contributed by atoms with Crippen molar-refractivity contribution in [1.82, 2.24) is 0 Å². The van der Waals surface area contributed by atoms with Crippen LogP contribution in [0.25, 0.3) is 0 Å². The minimum Gasteiger partial charge on any atom is -0.462 e. The molecule has 0 rings (SSSR count). The molecule has 484 valence electrons. The highest BCUT2D eigenvalue weighted by Gasteiger charge is 2.28. The van der Waals surface area contributed by atoms with Gasteiger partial charge >= 0.3 is 25.7 Å². The summed E-state index contributed by atoms with van der Waals surface area (Å²) in [7, 11) is -4.78. The van der Waals surface area contributed by atoms with E-state index in [0.29, 0.717) is 25.7 Å². The quantitative estimate of drug-likeness (QED) is 0.0197. The average Bonchev–Trinajstić information content (AvgIpc) is 3.53. The van der Waals surface area contributed by atoms with E-state index in [4.69, 9.17) is 23.3 Å². The summed E-state index contributed by atoms with van der Waals surface area (Å²) in [6, 6.07) is 0.